The van der Waals surface area contributed by atoms with Crippen molar-refractivity contribution in [3.63, 3.8) is 0 Å². The highest BCUT2D eigenvalue weighted by Gasteiger charge is 2.21. The second-order valence-corrected chi connectivity index (χ2v) is 4.52. The summed E-state index contributed by atoms with van der Waals surface area (Å²) in [6.07, 6.45) is 6.04. The van der Waals surface area contributed by atoms with Crippen molar-refractivity contribution in [3.8, 4) is 0 Å². The van der Waals surface area contributed by atoms with E-state index in [1.165, 1.54) is 0 Å². The Kier molecular flexibility index (Phi) is 4.09. The minimum Gasteiger partial charge on any atom is -0.342 e. The van der Waals surface area contributed by atoms with Crippen molar-refractivity contribution in [1.29, 1.82) is 0 Å². The smallest absolute Gasteiger partial charge is 0.227 e. The highest BCUT2D eigenvalue weighted by Crippen LogP contribution is 2.11. The molecule has 0 spiro atoms. The topological polar surface area (TPSA) is 45.2 Å². The van der Waals surface area contributed by atoms with Gasteiger partial charge in [-0.15, -0.1) is 0 Å². The molecule has 2 rings (SSSR count). The van der Waals surface area contributed by atoms with E-state index in [2.05, 4.69) is 10.3 Å². The van der Waals surface area contributed by atoms with Crippen molar-refractivity contribution < 1.29 is 4.79 Å². The van der Waals surface area contributed by atoms with E-state index in [-0.39, 0.29) is 5.91 Å². The molecule has 0 atom stereocenters. The number of rotatable bonds is 3. The van der Waals surface area contributed by atoms with Gasteiger partial charge in [0.25, 0.3) is 0 Å². The maximum absolute atomic E-state index is 12.1. The summed E-state index contributed by atoms with van der Waals surface area (Å²) in [5, 5.41) is 3.31. The molecule has 4 heteroatoms. The quantitative estimate of drug-likeness (QED) is 0.841. The van der Waals surface area contributed by atoms with Gasteiger partial charge in [-0.05, 0) is 37.6 Å². The van der Waals surface area contributed by atoms with Gasteiger partial charge in [0, 0.05) is 25.5 Å². The van der Waals surface area contributed by atoms with Crippen LogP contribution < -0.4 is 5.32 Å². The summed E-state index contributed by atoms with van der Waals surface area (Å²) < 4.78 is 0. The lowest BCUT2D eigenvalue weighted by Gasteiger charge is -2.31. The molecule has 0 saturated carbocycles. The SMILES string of the molecule is CN(C(=O)Cc1cccnc1)C1CCNCC1. The average Bonchev–Trinajstić information content (AvgIpc) is 2.40. The van der Waals surface area contributed by atoms with E-state index < -0.39 is 0 Å². The zero-order valence-corrected chi connectivity index (χ0v) is 10.2. The monoisotopic (exact) mass is 233 g/mol. The fourth-order valence-corrected chi connectivity index (χ4v) is 2.20. The number of hydrogen-bond donors (Lipinski definition) is 1. The predicted molar refractivity (Wildman–Crippen MR) is 66.6 cm³/mol. The van der Waals surface area contributed by atoms with Crippen LogP contribution in [0.4, 0.5) is 0 Å². The number of pyridine rings is 1. The van der Waals surface area contributed by atoms with Crippen LogP contribution in [0.3, 0.4) is 0 Å². The van der Waals surface area contributed by atoms with Crippen molar-refractivity contribution in [2.75, 3.05) is 20.1 Å². The molecular weight excluding hydrogens is 214 g/mol. The highest BCUT2D eigenvalue weighted by molar-refractivity contribution is 5.78. The fourth-order valence-electron chi connectivity index (χ4n) is 2.20. The normalized spacial score (nSPS) is 16.8. The van der Waals surface area contributed by atoms with Crippen LogP contribution >= 0.6 is 0 Å². The Labute approximate surface area is 102 Å². The molecule has 1 saturated heterocycles. The molecule has 0 unspecified atom stereocenters. The van der Waals surface area contributed by atoms with Crippen LogP contribution in [0.2, 0.25) is 0 Å². The summed E-state index contributed by atoms with van der Waals surface area (Å²) in [4.78, 5) is 18.0. The van der Waals surface area contributed by atoms with Gasteiger partial charge >= 0.3 is 0 Å². The molecule has 17 heavy (non-hydrogen) atoms. The van der Waals surface area contributed by atoms with Crippen molar-refractivity contribution in [1.82, 2.24) is 15.2 Å². The van der Waals surface area contributed by atoms with Gasteiger partial charge in [0.1, 0.15) is 0 Å². The van der Waals surface area contributed by atoms with Gasteiger partial charge in [0.2, 0.25) is 5.91 Å². The summed E-state index contributed by atoms with van der Waals surface area (Å²) >= 11 is 0. The molecule has 0 radical (unpaired) electrons. The van der Waals surface area contributed by atoms with Crippen molar-refractivity contribution in [2.24, 2.45) is 0 Å². The number of likely N-dealkylation sites (N-methyl/N-ethyl adjacent to an activating group) is 1. The maximum Gasteiger partial charge on any atom is 0.227 e. The molecule has 92 valence electrons. The van der Waals surface area contributed by atoms with Crippen molar-refractivity contribution >= 4 is 5.91 Å². The third kappa shape index (κ3) is 3.27. The second-order valence-electron chi connectivity index (χ2n) is 4.52. The van der Waals surface area contributed by atoms with Gasteiger partial charge in [-0.3, -0.25) is 9.78 Å². The second kappa shape index (κ2) is 5.77. The van der Waals surface area contributed by atoms with E-state index >= 15 is 0 Å². The Balaban J connectivity index is 1.90. The minimum absolute atomic E-state index is 0.185. The molecule has 1 aliphatic rings. The molecular formula is C13H19N3O. The van der Waals surface area contributed by atoms with E-state index in [4.69, 9.17) is 0 Å². The minimum atomic E-state index is 0.185. The Bertz CT molecular complexity index is 360. The van der Waals surface area contributed by atoms with Crippen LogP contribution in [-0.2, 0) is 11.2 Å². The molecule has 1 amide bonds. The largest absolute Gasteiger partial charge is 0.342 e. The summed E-state index contributed by atoms with van der Waals surface area (Å²) in [5.74, 6) is 0.185. The first-order valence-corrected chi connectivity index (χ1v) is 6.12. The molecule has 1 aromatic heterocycles. The van der Waals surface area contributed by atoms with Gasteiger partial charge in [-0.1, -0.05) is 6.07 Å². The number of hydrogen-bond acceptors (Lipinski definition) is 3. The van der Waals surface area contributed by atoms with Crippen LogP contribution in [-0.4, -0.2) is 42.0 Å². The molecule has 1 fully saturated rings. The first-order valence-electron chi connectivity index (χ1n) is 6.12. The van der Waals surface area contributed by atoms with Crippen molar-refractivity contribution in [3.05, 3.63) is 30.1 Å². The molecule has 1 N–H and O–H groups in total. The molecule has 1 aliphatic heterocycles. The number of carbonyl (C=O) groups excluding carboxylic acids is 1. The van der Waals surface area contributed by atoms with Gasteiger partial charge in [-0.25, -0.2) is 0 Å². The molecule has 0 aliphatic carbocycles. The molecule has 0 aromatic carbocycles. The van der Waals surface area contributed by atoms with Crippen LogP contribution in [0.1, 0.15) is 18.4 Å². The molecule has 4 nitrogen and oxygen atoms in total. The molecule has 2 heterocycles. The van der Waals surface area contributed by atoms with Gasteiger partial charge < -0.3 is 10.2 Å². The lowest BCUT2D eigenvalue weighted by atomic mass is 10.0. The summed E-state index contributed by atoms with van der Waals surface area (Å²) in [6.45, 7) is 2.02. The Hall–Kier alpha value is -1.42. The zero-order valence-electron chi connectivity index (χ0n) is 10.2. The molecule has 1 aromatic rings. The van der Waals surface area contributed by atoms with Gasteiger partial charge in [0.05, 0.1) is 6.42 Å². The maximum atomic E-state index is 12.1. The number of nitrogens with one attached hydrogen (secondary N) is 1. The predicted octanol–water partition coefficient (Wildman–Crippen LogP) is 0.834. The van der Waals surface area contributed by atoms with Gasteiger partial charge in [0.15, 0.2) is 0 Å². The molecule has 0 bridgehead atoms. The average molecular weight is 233 g/mol. The first kappa shape index (κ1) is 12.0. The van der Waals surface area contributed by atoms with Crippen LogP contribution in [0.5, 0.6) is 0 Å². The number of amides is 1. The number of aromatic nitrogens is 1. The summed E-state index contributed by atoms with van der Waals surface area (Å²) in [7, 11) is 1.91. The van der Waals surface area contributed by atoms with E-state index in [0.717, 1.165) is 31.5 Å². The van der Waals surface area contributed by atoms with E-state index in [9.17, 15) is 4.79 Å². The van der Waals surface area contributed by atoms with Crippen molar-refractivity contribution in [2.45, 2.75) is 25.3 Å². The van der Waals surface area contributed by atoms with Gasteiger partial charge in [-0.2, -0.15) is 0 Å². The number of piperidine rings is 1. The Morgan fingerprint density at radius 3 is 2.94 bits per heavy atom. The Morgan fingerprint density at radius 2 is 2.29 bits per heavy atom. The third-order valence-corrected chi connectivity index (χ3v) is 3.33. The number of carbonyl (C=O) groups is 1. The van der Waals surface area contributed by atoms with E-state index in [1.54, 1.807) is 12.4 Å². The van der Waals surface area contributed by atoms with Crippen LogP contribution in [0.25, 0.3) is 0 Å². The highest BCUT2D eigenvalue weighted by atomic mass is 16.2. The van der Waals surface area contributed by atoms with E-state index in [0.29, 0.717) is 12.5 Å². The van der Waals surface area contributed by atoms with Crippen LogP contribution in [0.15, 0.2) is 24.5 Å². The lowest BCUT2D eigenvalue weighted by Crippen LogP contribution is -2.44. The lowest BCUT2D eigenvalue weighted by molar-refractivity contribution is -0.131. The standard InChI is InChI=1S/C13H19N3O/c1-16(12-4-7-14-8-5-12)13(17)9-11-3-2-6-15-10-11/h2-3,6,10,12,14H,4-5,7-9H2,1H3. The zero-order chi connectivity index (χ0) is 12.1. The fraction of sp³-hybridized carbons (Fsp3) is 0.538. The number of nitrogens with zero attached hydrogens (tertiary/aromatic N) is 2. The third-order valence-electron chi connectivity index (χ3n) is 3.33. The van der Waals surface area contributed by atoms with Crippen LogP contribution in [0, 0.1) is 0 Å². The first-order chi connectivity index (χ1) is 8.27. The van der Waals surface area contributed by atoms with E-state index in [1.807, 2.05) is 24.1 Å². The summed E-state index contributed by atoms with van der Waals surface area (Å²) in [5.41, 5.74) is 0.985. The Morgan fingerprint density at radius 1 is 1.53 bits per heavy atom. The summed E-state index contributed by atoms with van der Waals surface area (Å²) in [6, 6.07) is 4.20.